The second-order valence-corrected chi connectivity index (χ2v) is 23.0. The van der Waals surface area contributed by atoms with E-state index < -0.39 is 28.4 Å². The summed E-state index contributed by atoms with van der Waals surface area (Å²) in [6.07, 6.45) is 17.3. The fourth-order valence-electron chi connectivity index (χ4n) is 6.73. The fraction of sp³-hybridized carbons (Fsp3) is 1.00. The highest BCUT2D eigenvalue weighted by Crippen LogP contribution is 2.34. The highest BCUT2D eigenvalue weighted by atomic mass is 28.3. The van der Waals surface area contributed by atoms with Crippen LogP contribution in [0, 0.1) is 0 Å². The van der Waals surface area contributed by atoms with Gasteiger partial charge in [-0.3, -0.25) is 0 Å². The lowest BCUT2D eigenvalue weighted by atomic mass is 10.2. The van der Waals surface area contributed by atoms with E-state index in [0.717, 1.165) is 12.8 Å². The molecular weight excluding hydrogens is 529 g/mol. The van der Waals surface area contributed by atoms with Crippen molar-refractivity contribution < 1.29 is 19.7 Å². The minimum Gasteiger partial charge on any atom is -0.394 e. The molecule has 0 aromatic rings. The highest BCUT2D eigenvalue weighted by molar-refractivity contribution is 6.80. The Morgan fingerprint density at radius 3 is 0.825 bits per heavy atom. The van der Waals surface area contributed by atoms with Crippen molar-refractivity contribution in [2.75, 3.05) is 26.4 Å². The molecule has 0 aliphatic rings. The lowest BCUT2D eigenvalue weighted by Gasteiger charge is -2.33. The third-order valence-electron chi connectivity index (χ3n) is 9.51. The van der Waals surface area contributed by atoms with Crippen molar-refractivity contribution in [1.29, 1.82) is 0 Å². The van der Waals surface area contributed by atoms with Crippen molar-refractivity contribution in [1.82, 2.24) is 0 Å². The molecule has 0 saturated heterocycles. The SMILES string of the molecule is CCCC[Si](CCCC)(CCCC)CCCO[C@@H](CO)[C@@H](CO)OCCC[Si](CCCC)(CCCC)CCCC. The molecule has 0 radical (unpaired) electrons. The normalized spacial score (nSPS) is 14.1. The summed E-state index contributed by atoms with van der Waals surface area (Å²) in [6.45, 7) is 15.1. The van der Waals surface area contributed by atoms with Gasteiger partial charge in [0.25, 0.3) is 0 Å². The van der Waals surface area contributed by atoms with Gasteiger partial charge in [-0.1, -0.05) is 167 Å². The maximum Gasteiger partial charge on any atom is 0.109 e. The minimum absolute atomic E-state index is 0.0858. The van der Waals surface area contributed by atoms with E-state index in [9.17, 15) is 10.2 Å². The minimum atomic E-state index is -1.27. The summed E-state index contributed by atoms with van der Waals surface area (Å²) in [5.41, 5.74) is 0. The molecule has 0 aliphatic heterocycles. The molecular formula is C34H74O4Si2. The van der Waals surface area contributed by atoms with Gasteiger partial charge in [-0.2, -0.15) is 0 Å². The average molecular weight is 603 g/mol. The quantitative estimate of drug-likeness (QED) is 0.0612. The molecule has 2 N–H and O–H groups in total. The van der Waals surface area contributed by atoms with Crippen LogP contribution in [0.3, 0.4) is 0 Å². The maximum absolute atomic E-state index is 10.1. The van der Waals surface area contributed by atoms with Crippen LogP contribution in [0.4, 0.5) is 0 Å². The summed E-state index contributed by atoms with van der Waals surface area (Å²) in [6, 6.07) is 11.5. The number of hydrogen-bond acceptors (Lipinski definition) is 4. The molecule has 242 valence electrons. The third kappa shape index (κ3) is 18.1. The van der Waals surface area contributed by atoms with E-state index in [1.807, 2.05) is 0 Å². The van der Waals surface area contributed by atoms with Crippen LogP contribution in [-0.2, 0) is 9.47 Å². The Labute approximate surface area is 253 Å². The van der Waals surface area contributed by atoms with Gasteiger partial charge in [-0.25, -0.2) is 0 Å². The fourth-order valence-corrected chi connectivity index (χ4v) is 18.1. The van der Waals surface area contributed by atoms with Gasteiger partial charge in [0.2, 0.25) is 0 Å². The van der Waals surface area contributed by atoms with E-state index in [0.29, 0.717) is 13.2 Å². The Morgan fingerprint density at radius 1 is 0.400 bits per heavy atom. The Kier molecular flexibility index (Phi) is 27.1. The van der Waals surface area contributed by atoms with E-state index in [4.69, 9.17) is 9.47 Å². The molecule has 6 heteroatoms. The van der Waals surface area contributed by atoms with Gasteiger partial charge >= 0.3 is 0 Å². The molecule has 2 atom stereocenters. The molecule has 0 aromatic heterocycles. The van der Waals surface area contributed by atoms with Gasteiger partial charge in [0.15, 0.2) is 0 Å². The Morgan fingerprint density at radius 2 is 0.625 bits per heavy atom. The number of aliphatic hydroxyl groups excluding tert-OH is 2. The molecule has 0 aliphatic carbocycles. The predicted octanol–water partition coefficient (Wildman–Crippen LogP) is 10.2. The van der Waals surface area contributed by atoms with Crippen LogP contribution in [0.1, 0.15) is 131 Å². The molecule has 0 heterocycles. The maximum atomic E-state index is 10.1. The number of unbranched alkanes of at least 4 members (excludes halogenated alkanes) is 6. The van der Waals surface area contributed by atoms with Crippen LogP contribution in [0.15, 0.2) is 0 Å². The summed E-state index contributed by atoms with van der Waals surface area (Å²) < 4.78 is 12.4. The first-order valence-electron chi connectivity index (χ1n) is 17.9. The molecule has 0 rings (SSSR count). The van der Waals surface area contributed by atoms with Crippen molar-refractivity contribution in [2.24, 2.45) is 0 Å². The highest BCUT2D eigenvalue weighted by Gasteiger charge is 2.32. The number of hydrogen-bond donors (Lipinski definition) is 2. The smallest absolute Gasteiger partial charge is 0.109 e. The molecule has 0 bridgehead atoms. The Hall–Kier alpha value is 0.274. The molecule has 0 spiro atoms. The zero-order valence-corrected chi connectivity index (χ0v) is 30.3. The van der Waals surface area contributed by atoms with Crippen LogP contribution < -0.4 is 0 Å². The van der Waals surface area contributed by atoms with Crippen LogP contribution >= 0.6 is 0 Å². The first-order valence-corrected chi connectivity index (χ1v) is 23.6. The van der Waals surface area contributed by atoms with Crippen LogP contribution in [-0.4, -0.2) is 65.0 Å². The molecule has 40 heavy (non-hydrogen) atoms. The molecule has 0 amide bonds. The van der Waals surface area contributed by atoms with Crippen LogP contribution in [0.25, 0.3) is 0 Å². The summed E-state index contributed by atoms with van der Waals surface area (Å²) in [7, 11) is -2.54. The zero-order valence-electron chi connectivity index (χ0n) is 28.3. The van der Waals surface area contributed by atoms with E-state index >= 15 is 0 Å². The molecule has 4 nitrogen and oxygen atoms in total. The van der Waals surface area contributed by atoms with Gasteiger partial charge in [-0.15, -0.1) is 0 Å². The van der Waals surface area contributed by atoms with E-state index in [-0.39, 0.29) is 13.2 Å². The van der Waals surface area contributed by atoms with Gasteiger partial charge in [0.05, 0.1) is 29.4 Å². The second-order valence-electron chi connectivity index (χ2n) is 13.0. The monoisotopic (exact) mass is 603 g/mol. The molecule has 0 unspecified atom stereocenters. The molecule has 0 aromatic carbocycles. The van der Waals surface area contributed by atoms with Crippen molar-refractivity contribution in [3.63, 3.8) is 0 Å². The van der Waals surface area contributed by atoms with Crippen molar-refractivity contribution in [3.05, 3.63) is 0 Å². The van der Waals surface area contributed by atoms with Gasteiger partial charge < -0.3 is 19.7 Å². The predicted molar refractivity (Wildman–Crippen MR) is 182 cm³/mol. The molecule has 0 fully saturated rings. The average Bonchev–Trinajstić information content (AvgIpc) is 2.98. The zero-order chi connectivity index (χ0) is 30.0. The first-order chi connectivity index (χ1) is 19.5. The molecule has 0 saturated carbocycles. The summed E-state index contributed by atoms with van der Waals surface area (Å²) in [5.74, 6) is 0. The van der Waals surface area contributed by atoms with Crippen molar-refractivity contribution in [2.45, 2.75) is 192 Å². The van der Waals surface area contributed by atoms with E-state index in [1.54, 1.807) is 0 Å². The van der Waals surface area contributed by atoms with Crippen LogP contribution in [0.5, 0.6) is 0 Å². The number of ether oxygens (including phenoxy) is 2. The lowest BCUT2D eigenvalue weighted by molar-refractivity contribution is -0.109. The number of aliphatic hydroxyl groups is 2. The standard InChI is InChI=1S/C34H74O4Si2/c1-7-13-23-39(24-14-8-2,25-15-9-3)29-19-21-37-33(31-35)34(32-36)38-22-20-30-40(26-16-10-4,27-17-11-5)28-18-12-6/h33-36H,7-32H2,1-6H3/t33-,34+. The van der Waals surface area contributed by atoms with Crippen molar-refractivity contribution in [3.8, 4) is 0 Å². The topological polar surface area (TPSA) is 58.9 Å². The third-order valence-corrected chi connectivity index (χ3v) is 20.8. The second kappa shape index (κ2) is 26.9. The van der Waals surface area contributed by atoms with Gasteiger partial charge in [-0.05, 0) is 12.8 Å². The van der Waals surface area contributed by atoms with Gasteiger partial charge in [0.1, 0.15) is 12.2 Å². The Balaban J connectivity index is 4.95. The summed E-state index contributed by atoms with van der Waals surface area (Å²) >= 11 is 0. The summed E-state index contributed by atoms with van der Waals surface area (Å²) in [5, 5.41) is 20.2. The first kappa shape index (κ1) is 40.3. The summed E-state index contributed by atoms with van der Waals surface area (Å²) in [4.78, 5) is 0. The lowest BCUT2D eigenvalue weighted by Crippen LogP contribution is -2.39. The van der Waals surface area contributed by atoms with E-state index in [2.05, 4.69) is 41.5 Å². The Bertz CT molecular complexity index is 445. The van der Waals surface area contributed by atoms with Gasteiger partial charge in [0, 0.05) is 13.2 Å². The largest absolute Gasteiger partial charge is 0.394 e. The van der Waals surface area contributed by atoms with Crippen LogP contribution in [0.2, 0.25) is 48.4 Å². The number of rotatable bonds is 31. The van der Waals surface area contributed by atoms with E-state index in [1.165, 1.54) is 125 Å². The van der Waals surface area contributed by atoms with Crippen molar-refractivity contribution >= 4 is 16.1 Å².